The molecule has 0 aliphatic rings. The van der Waals surface area contributed by atoms with E-state index in [1.807, 2.05) is 24.3 Å². The second-order valence-corrected chi connectivity index (χ2v) is 4.56. The van der Waals surface area contributed by atoms with Crippen LogP contribution in [0.15, 0.2) is 24.3 Å². The molecule has 1 atom stereocenters. The number of rotatable bonds is 8. The highest BCUT2D eigenvalue weighted by Crippen LogP contribution is 2.14. The third kappa shape index (κ3) is 5.73. The minimum absolute atomic E-state index is 0.208. The van der Waals surface area contributed by atoms with Crippen molar-refractivity contribution in [3.63, 3.8) is 0 Å². The zero-order valence-electron chi connectivity index (χ0n) is 11.0. The van der Waals surface area contributed by atoms with Crippen molar-refractivity contribution in [3.05, 3.63) is 29.8 Å². The summed E-state index contributed by atoms with van der Waals surface area (Å²) in [4.78, 5) is 0. The second kappa shape index (κ2) is 8.13. The van der Waals surface area contributed by atoms with Crippen LogP contribution in [0.1, 0.15) is 44.6 Å². The number of hydrogen-bond donors (Lipinski definition) is 1. The van der Waals surface area contributed by atoms with E-state index in [4.69, 9.17) is 4.74 Å². The van der Waals surface area contributed by atoms with Crippen molar-refractivity contribution >= 4 is 0 Å². The number of hydrogen-bond acceptors (Lipinski definition) is 2. The molecule has 1 unspecified atom stereocenters. The van der Waals surface area contributed by atoms with Crippen LogP contribution in [0.2, 0.25) is 0 Å². The zero-order valence-corrected chi connectivity index (χ0v) is 11.0. The molecule has 0 amide bonds. The van der Waals surface area contributed by atoms with Crippen LogP contribution in [0.3, 0.4) is 0 Å². The molecule has 1 aromatic rings. The van der Waals surface area contributed by atoms with Crippen LogP contribution in [0.25, 0.3) is 0 Å². The molecule has 0 aliphatic carbocycles. The van der Waals surface area contributed by atoms with Gasteiger partial charge in [-0.3, -0.25) is 0 Å². The summed E-state index contributed by atoms with van der Waals surface area (Å²) in [5.41, 5.74) is 1.17. The second-order valence-electron chi connectivity index (χ2n) is 4.56. The Morgan fingerprint density at radius 1 is 1.12 bits per heavy atom. The Morgan fingerprint density at radius 3 is 2.41 bits per heavy atom. The lowest BCUT2D eigenvalue weighted by molar-refractivity contribution is 0.161. The molecule has 0 radical (unpaired) electrons. The lowest BCUT2D eigenvalue weighted by atomic mass is 10.0. The fourth-order valence-corrected chi connectivity index (χ4v) is 1.94. The van der Waals surface area contributed by atoms with Gasteiger partial charge in [0, 0.05) is 0 Å². The molecule has 1 rings (SSSR count). The molecule has 0 saturated carbocycles. The first-order valence-corrected chi connectivity index (χ1v) is 6.57. The molecule has 1 N–H and O–H groups in total. The Morgan fingerprint density at radius 2 is 1.82 bits per heavy atom. The first kappa shape index (κ1) is 14.0. The molecule has 1 aromatic carbocycles. The van der Waals surface area contributed by atoms with Crippen molar-refractivity contribution < 1.29 is 9.84 Å². The number of aliphatic hydroxyl groups excluding tert-OH is 1. The number of ether oxygens (including phenoxy) is 1. The van der Waals surface area contributed by atoms with Crippen molar-refractivity contribution in [2.75, 3.05) is 7.11 Å². The molecule has 17 heavy (non-hydrogen) atoms. The smallest absolute Gasteiger partial charge is 0.118 e. The molecule has 0 aliphatic heterocycles. The minimum Gasteiger partial charge on any atom is -0.497 e. The van der Waals surface area contributed by atoms with E-state index in [1.54, 1.807) is 7.11 Å². The number of unbranched alkanes of at least 4 members (excludes halogenated alkanes) is 3. The summed E-state index contributed by atoms with van der Waals surface area (Å²) in [6.45, 7) is 2.20. The van der Waals surface area contributed by atoms with Gasteiger partial charge in [0.25, 0.3) is 0 Å². The van der Waals surface area contributed by atoms with Gasteiger partial charge >= 0.3 is 0 Å². The van der Waals surface area contributed by atoms with Crippen LogP contribution in [0.4, 0.5) is 0 Å². The quantitative estimate of drug-likeness (QED) is 0.699. The summed E-state index contributed by atoms with van der Waals surface area (Å²) >= 11 is 0. The summed E-state index contributed by atoms with van der Waals surface area (Å²) in [5, 5.41) is 9.90. The van der Waals surface area contributed by atoms with Crippen LogP contribution >= 0.6 is 0 Å². The van der Waals surface area contributed by atoms with E-state index in [1.165, 1.54) is 24.8 Å². The number of methoxy groups -OCH3 is 1. The van der Waals surface area contributed by atoms with E-state index in [0.717, 1.165) is 25.0 Å². The van der Waals surface area contributed by atoms with Gasteiger partial charge in [0.1, 0.15) is 5.75 Å². The van der Waals surface area contributed by atoms with Gasteiger partial charge < -0.3 is 9.84 Å². The Labute approximate surface area is 105 Å². The standard InChI is InChI=1S/C15H24O2/c1-3-4-5-6-7-14(16)12-13-8-10-15(17-2)11-9-13/h8-11,14,16H,3-7,12H2,1-2H3. The van der Waals surface area contributed by atoms with Gasteiger partial charge in [-0.05, 0) is 30.5 Å². The predicted octanol–water partition coefficient (Wildman–Crippen LogP) is 3.57. The maximum absolute atomic E-state index is 9.90. The lowest BCUT2D eigenvalue weighted by Crippen LogP contribution is -2.10. The third-order valence-electron chi connectivity index (χ3n) is 3.02. The van der Waals surface area contributed by atoms with Crippen molar-refractivity contribution in [1.82, 2.24) is 0 Å². The molecule has 96 valence electrons. The number of aliphatic hydroxyl groups is 1. The summed E-state index contributed by atoms with van der Waals surface area (Å²) < 4.78 is 5.10. The third-order valence-corrected chi connectivity index (χ3v) is 3.02. The molecule has 2 nitrogen and oxygen atoms in total. The van der Waals surface area contributed by atoms with Gasteiger partial charge in [-0.25, -0.2) is 0 Å². The Kier molecular flexibility index (Phi) is 6.71. The van der Waals surface area contributed by atoms with Gasteiger partial charge in [-0.2, -0.15) is 0 Å². The summed E-state index contributed by atoms with van der Waals surface area (Å²) in [6.07, 6.45) is 6.33. The molecule has 0 fully saturated rings. The highest BCUT2D eigenvalue weighted by Gasteiger charge is 2.05. The maximum Gasteiger partial charge on any atom is 0.118 e. The molecule has 0 aromatic heterocycles. The van der Waals surface area contributed by atoms with E-state index in [0.29, 0.717) is 0 Å². The van der Waals surface area contributed by atoms with E-state index < -0.39 is 0 Å². The number of benzene rings is 1. The first-order valence-electron chi connectivity index (χ1n) is 6.57. The van der Waals surface area contributed by atoms with Gasteiger partial charge in [-0.1, -0.05) is 44.7 Å². The van der Waals surface area contributed by atoms with Crippen LogP contribution in [-0.2, 0) is 6.42 Å². The largest absolute Gasteiger partial charge is 0.497 e. The van der Waals surface area contributed by atoms with Crippen molar-refractivity contribution in [1.29, 1.82) is 0 Å². The topological polar surface area (TPSA) is 29.5 Å². The molecule has 2 heteroatoms. The summed E-state index contributed by atoms with van der Waals surface area (Å²) in [7, 11) is 1.66. The molecule has 0 heterocycles. The van der Waals surface area contributed by atoms with Crippen LogP contribution in [0, 0.1) is 0 Å². The maximum atomic E-state index is 9.90. The van der Waals surface area contributed by atoms with Crippen molar-refractivity contribution in [2.24, 2.45) is 0 Å². The molecular formula is C15H24O2. The highest BCUT2D eigenvalue weighted by atomic mass is 16.5. The molecule has 0 spiro atoms. The fourth-order valence-electron chi connectivity index (χ4n) is 1.94. The van der Waals surface area contributed by atoms with Crippen molar-refractivity contribution in [2.45, 2.75) is 51.6 Å². The van der Waals surface area contributed by atoms with Crippen LogP contribution < -0.4 is 4.74 Å². The normalized spacial score (nSPS) is 12.4. The lowest BCUT2D eigenvalue weighted by Gasteiger charge is -2.10. The van der Waals surface area contributed by atoms with Gasteiger partial charge in [-0.15, -0.1) is 0 Å². The average Bonchev–Trinajstić information content (AvgIpc) is 2.36. The van der Waals surface area contributed by atoms with Gasteiger partial charge in [0.05, 0.1) is 13.2 Å². The Hall–Kier alpha value is -1.02. The van der Waals surface area contributed by atoms with Gasteiger partial charge in [0.2, 0.25) is 0 Å². The zero-order chi connectivity index (χ0) is 12.5. The van der Waals surface area contributed by atoms with Crippen molar-refractivity contribution in [3.8, 4) is 5.75 Å². The fraction of sp³-hybridized carbons (Fsp3) is 0.600. The van der Waals surface area contributed by atoms with E-state index in [2.05, 4.69) is 6.92 Å². The molecule has 0 bridgehead atoms. The summed E-state index contributed by atoms with van der Waals surface area (Å²) in [6, 6.07) is 7.93. The SMILES string of the molecule is CCCCCCC(O)Cc1ccc(OC)cc1. The van der Waals surface area contributed by atoms with E-state index >= 15 is 0 Å². The van der Waals surface area contributed by atoms with E-state index in [9.17, 15) is 5.11 Å². The predicted molar refractivity (Wildman–Crippen MR) is 71.5 cm³/mol. The van der Waals surface area contributed by atoms with Gasteiger partial charge in [0.15, 0.2) is 0 Å². The molecular weight excluding hydrogens is 212 g/mol. The van der Waals surface area contributed by atoms with Crippen LogP contribution in [-0.4, -0.2) is 18.3 Å². The summed E-state index contributed by atoms with van der Waals surface area (Å²) in [5.74, 6) is 0.867. The average molecular weight is 236 g/mol. The Bertz CT molecular complexity index is 292. The van der Waals surface area contributed by atoms with Crippen LogP contribution in [0.5, 0.6) is 5.75 Å². The first-order chi connectivity index (χ1) is 8.26. The van der Waals surface area contributed by atoms with E-state index in [-0.39, 0.29) is 6.10 Å². The minimum atomic E-state index is -0.208. The highest BCUT2D eigenvalue weighted by molar-refractivity contribution is 5.27. The molecule has 0 saturated heterocycles. The Balaban J connectivity index is 2.26. The monoisotopic (exact) mass is 236 g/mol.